The zero-order valence-corrected chi connectivity index (χ0v) is 36.5. The number of aromatic hydroxyl groups is 1. The fourth-order valence-corrected chi connectivity index (χ4v) is 9.34. The lowest BCUT2D eigenvalue weighted by Crippen LogP contribution is -2.03. The van der Waals surface area contributed by atoms with Gasteiger partial charge >= 0.3 is 0 Å². The summed E-state index contributed by atoms with van der Waals surface area (Å²) in [4.78, 5) is 10.7. The van der Waals surface area contributed by atoms with Crippen LogP contribution >= 0.6 is 0 Å². The summed E-state index contributed by atoms with van der Waals surface area (Å²) < 4.78 is 2.27. The standard InChI is InChI=1S/C62H45N3O/c1-42(43-20-7-2-8-21-43)49-38-50(40-51(39-49)57-41-48(36-37-63-57)44-22-9-3-10-23-44)52-30-19-35-58-59(52)64-62(56-34-18-33-55(61(56)66)47-28-15-6-16-29-47)65(58)60-53(45-24-11-4-12-25-45)31-17-32-54(60)46-26-13-5-14-27-46/h2-42,66H,1H3. The van der Waals surface area contributed by atoms with Gasteiger partial charge in [-0.05, 0) is 80.9 Å². The van der Waals surface area contributed by atoms with Gasteiger partial charge in [0.2, 0.25) is 0 Å². The molecule has 1 unspecified atom stereocenters. The summed E-state index contributed by atoms with van der Waals surface area (Å²) in [6.45, 7) is 2.27. The number of benzene rings is 9. The van der Waals surface area contributed by atoms with E-state index in [9.17, 15) is 5.11 Å². The summed E-state index contributed by atoms with van der Waals surface area (Å²) in [6.07, 6.45) is 1.91. The fourth-order valence-electron chi connectivity index (χ4n) is 9.34. The van der Waals surface area contributed by atoms with Gasteiger partial charge in [-0.3, -0.25) is 9.55 Å². The van der Waals surface area contributed by atoms with Gasteiger partial charge in [-0.1, -0.05) is 207 Å². The van der Waals surface area contributed by atoms with Crippen LogP contribution in [0.1, 0.15) is 24.0 Å². The molecular weight excluding hydrogens is 803 g/mol. The Balaban J connectivity index is 1.21. The van der Waals surface area contributed by atoms with Crippen molar-refractivity contribution >= 4 is 11.0 Å². The molecule has 1 N–H and O–H groups in total. The summed E-state index contributed by atoms with van der Waals surface area (Å²) in [5, 5.41) is 12.5. The average Bonchev–Trinajstić information content (AvgIpc) is 3.78. The molecule has 314 valence electrons. The van der Waals surface area contributed by atoms with Crippen LogP contribution < -0.4 is 0 Å². The summed E-state index contributed by atoms with van der Waals surface area (Å²) in [7, 11) is 0. The average molecular weight is 848 g/mol. The van der Waals surface area contributed by atoms with E-state index in [1.807, 2.05) is 60.8 Å². The van der Waals surface area contributed by atoms with Crippen molar-refractivity contribution in [3.05, 3.63) is 254 Å². The van der Waals surface area contributed by atoms with Crippen molar-refractivity contribution in [3.8, 4) is 89.7 Å². The number of phenolic OH excluding ortho intramolecular Hbond substituents is 1. The first-order valence-corrected chi connectivity index (χ1v) is 22.4. The molecule has 66 heavy (non-hydrogen) atoms. The molecule has 2 heterocycles. The highest BCUT2D eigenvalue weighted by atomic mass is 16.3. The van der Waals surface area contributed by atoms with Gasteiger partial charge in [-0.25, -0.2) is 4.98 Å². The molecule has 0 saturated heterocycles. The van der Waals surface area contributed by atoms with Gasteiger partial charge in [0.15, 0.2) is 0 Å². The summed E-state index contributed by atoms with van der Waals surface area (Å²) >= 11 is 0. The molecule has 11 rings (SSSR count). The highest BCUT2D eigenvalue weighted by molar-refractivity contribution is 6.00. The quantitative estimate of drug-likeness (QED) is 0.149. The molecule has 0 fully saturated rings. The molecule has 0 spiro atoms. The van der Waals surface area contributed by atoms with Gasteiger partial charge in [0.1, 0.15) is 11.6 Å². The third-order valence-corrected chi connectivity index (χ3v) is 12.7. The van der Waals surface area contributed by atoms with E-state index >= 15 is 0 Å². The van der Waals surface area contributed by atoms with Gasteiger partial charge in [0, 0.05) is 39.9 Å². The molecule has 11 aromatic rings. The number of hydrogen-bond acceptors (Lipinski definition) is 3. The monoisotopic (exact) mass is 847 g/mol. The van der Waals surface area contributed by atoms with Crippen LogP contribution in [0.25, 0.3) is 95.0 Å². The Labute approximate surface area is 385 Å². The summed E-state index contributed by atoms with van der Waals surface area (Å²) in [5.41, 5.74) is 17.8. The van der Waals surface area contributed by atoms with Crippen molar-refractivity contribution in [2.24, 2.45) is 0 Å². The Hall–Kier alpha value is -8.60. The fraction of sp³-hybridized carbons (Fsp3) is 0.0323. The van der Waals surface area contributed by atoms with E-state index in [-0.39, 0.29) is 11.7 Å². The highest BCUT2D eigenvalue weighted by Gasteiger charge is 2.26. The number of pyridine rings is 1. The third-order valence-electron chi connectivity index (χ3n) is 12.7. The normalized spacial score (nSPS) is 11.7. The lowest BCUT2D eigenvalue weighted by molar-refractivity contribution is 0.479. The van der Waals surface area contributed by atoms with Gasteiger partial charge < -0.3 is 5.11 Å². The van der Waals surface area contributed by atoms with Crippen LogP contribution in [0.5, 0.6) is 5.75 Å². The van der Waals surface area contributed by atoms with Gasteiger partial charge in [0.25, 0.3) is 0 Å². The molecule has 2 aromatic heterocycles. The number of nitrogens with zero attached hydrogens (tertiary/aromatic N) is 3. The maximum absolute atomic E-state index is 12.5. The van der Waals surface area contributed by atoms with E-state index in [0.717, 1.165) is 83.6 Å². The number of imidazole rings is 1. The number of phenols is 1. The first-order chi connectivity index (χ1) is 32.6. The lowest BCUT2D eigenvalue weighted by atomic mass is 9.88. The van der Waals surface area contributed by atoms with Crippen LogP contribution in [0.4, 0.5) is 0 Å². The van der Waals surface area contributed by atoms with Gasteiger partial charge in [0.05, 0.1) is 28.0 Å². The summed E-state index contributed by atoms with van der Waals surface area (Å²) in [5.74, 6) is 0.906. The van der Waals surface area contributed by atoms with Crippen LogP contribution in [0.2, 0.25) is 0 Å². The van der Waals surface area contributed by atoms with Gasteiger partial charge in [-0.2, -0.15) is 0 Å². The van der Waals surface area contributed by atoms with Crippen molar-refractivity contribution in [1.29, 1.82) is 0 Å². The van der Waals surface area contributed by atoms with Crippen molar-refractivity contribution in [2.75, 3.05) is 0 Å². The Morgan fingerprint density at radius 3 is 1.52 bits per heavy atom. The predicted molar refractivity (Wildman–Crippen MR) is 273 cm³/mol. The van der Waals surface area contributed by atoms with E-state index in [1.54, 1.807) is 0 Å². The van der Waals surface area contributed by atoms with Crippen LogP contribution in [0.3, 0.4) is 0 Å². The third kappa shape index (κ3) is 7.55. The second kappa shape index (κ2) is 17.5. The smallest absolute Gasteiger partial charge is 0.149 e. The second-order valence-corrected chi connectivity index (χ2v) is 16.7. The maximum Gasteiger partial charge on any atom is 0.149 e. The van der Waals surface area contributed by atoms with Crippen molar-refractivity contribution in [2.45, 2.75) is 12.8 Å². The van der Waals surface area contributed by atoms with Crippen LogP contribution in [0, 0.1) is 0 Å². The molecular formula is C62H45N3O. The molecule has 0 saturated carbocycles. The SMILES string of the molecule is CC(c1ccccc1)c1cc(-c2cc(-c3ccccc3)ccn2)cc(-c2cccc3c2nc(-c2cccc(-c4ccccc4)c2O)n3-c2c(-c3ccccc3)cccc2-c2ccccc2)c1. The van der Waals surface area contributed by atoms with Crippen molar-refractivity contribution in [1.82, 2.24) is 14.5 Å². The number of para-hydroxylation sites is 3. The second-order valence-electron chi connectivity index (χ2n) is 16.7. The van der Waals surface area contributed by atoms with E-state index in [2.05, 4.69) is 193 Å². The minimum atomic E-state index is 0.0957. The Bertz CT molecular complexity index is 3420. The van der Waals surface area contributed by atoms with Crippen LogP contribution in [0.15, 0.2) is 243 Å². The molecule has 1 atom stereocenters. The zero-order valence-electron chi connectivity index (χ0n) is 36.5. The summed E-state index contributed by atoms with van der Waals surface area (Å²) in [6, 6.07) is 82.3. The van der Waals surface area contributed by atoms with Crippen LogP contribution in [-0.4, -0.2) is 19.6 Å². The number of fused-ring (bicyclic) bond motifs is 1. The molecule has 9 aromatic carbocycles. The van der Waals surface area contributed by atoms with E-state index in [1.165, 1.54) is 11.1 Å². The minimum Gasteiger partial charge on any atom is -0.507 e. The molecule has 4 heteroatoms. The molecule has 0 bridgehead atoms. The van der Waals surface area contributed by atoms with Gasteiger partial charge in [-0.15, -0.1) is 0 Å². The highest BCUT2D eigenvalue weighted by Crippen LogP contribution is 2.46. The van der Waals surface area contributed by atoms with Crippen molar-refractivity contribution in [3.63, 3.8) is 0 Å². The number of hydrogen-bond donors (Lipinski definition) is 1. The molecule has 4 nitrogen and oxygen atoms in total. The largest absolute Gasteiger partial charge is 0.507 e. The topological polar surface area (TPSA) is 50.9 Å². The first-order valence-electron chi connectivity index (χ1n) is 22.4. The Morgan fingerprint density at radius 1 is 0.394 bits per heavy atom. The predicted octanol–water partition coefficient (Wildman–Crippen LogP) is 15.9. The van der Waals surface area contributed by atoms with E-state index in [4.69, 9.17) is 9.97 Å². The zero-order chi connectivity index (χ0) is 44.4. The lowest BCUT2D eigenvalue weighted by Gasteiger charge is -2.20. The van der Waals surface area contributed by atoms with Crippen molar-refractivity contribution < 1.29 is 5.11 Å². The molecule has 0 aliphatic heterocycles. The van der Waals surface area contributed by atoms with E-state index < -0.39 is 0 Å². The number of aromatic nitrogens is 3. The Kier molecular flexibility index (Phi) is 10.7. The molecule has 0 aliphatic rings. The van der Waals surface area contributed by atoms with Crippen LogP contribution in [-0.2, 0) is 0 Å². The van der Waals surface area contributed by atoms with E-state index in [0.29, 0.717) is 11.4 Å². The molecule has 0 amide bonds. The first kappa shape index (κ1) is 40.2. The Morgan fingerprint density at radius 2 is 0.894 bits per heavy atom. The molecule has 0 radical (unpaired) electrons. The maximum atomic E-state index is 12.5. The number of rotatable bonds is 10. The minimum absolute atomic E-state index is 0.0957. The molecule has 0 aliphatic carbocycles.